The Morgan fingerprint density at radius 1 is 0.805 bits per heavy atom. The number of H-pyrrole nitrogens is 2. The Hall–Kier alpha value is -4.75. The Morgan fingerprint density at radius 3 is 2.24 bits per heavy atom. The lowest BCUT2D eigenvalue weighted by atomic mass is 10.0. The Morgan fingerprint density at radius 2 is 1.46 bits per heavy atom. The van der Waals surface area contributed by atoms with Gasteiger partial charge in [0.1, 0.15) is 17.1 Å². The summed E-state index contributed by atoms with van der Waals surface area (Å²) in [6.45, 7) is 4.54. The summed E-state index contributed by atoms with van der Waals surface area (Å²) in [4.78, 5) is 34.4. The summed E-state index contributed by atoms with van der Waals surface area (Å²) >= 11 is 4.64. The number of phenols is 1. The molecular formula is C33H31ClN4O3. The molecule has 0 atom stereocenters. The third kappa shape index (κ3) is 5.12. The maximum Gasteiger partial charge on any atom is 0.274 e. The molecular weight excluding hydrogens is 536 g/mol. The van der Waals surface area contributed by atoms with Gasteiger partial charge in [-0.15, -0.1) is 11.6 Å². The number of para-hydroxylation sites is 1. The lowest BCUT2D eigenvalue weighted by Crippen LogP contribution is -2.29. The zero-order chi connectivity index (χ0) is 29.1. The number of hydrogen-bond acceptors (Lipinski definition) is 3. The van der Waals surface area contributed by atoms with Crippen LogP contribution in [0.5, 0.6) is 5.75 Å². The molecule has 2 amide bonds. The van der Waals surface area contributed by atoms with Gasteiger partial charge in [-0.05, 0) is 53.8 Å². The summed E-state index contributed by atoms with van der Waals surface area (Å²) < 4.78 is 0. The maximum atomic E-state index is 13.5. The summed E-state index contributed by atoms with van der Waals surface area (Å²) in [5.74, 6) is -0.225. The highest BCUT2D eigenvalue weighted by Gasteiger charge is 2.29. The van der Waals surface area contributed by atoms with Gasteiger partial charge < -0.3 is 25.3 Å². The Balaban J connectivity index is 0.000000810. The smallest absolute Gasteiger partial charge is 0.274 e. The van der Waals surface area contributed by atoms with E-state index in [1.807, 2.05) is 86.6 Å². The van der Waals surface area contributed by atoms with Crippen molar-refractivity contribution in [3.63, 3.8) is 0 Å². The Labute approximate surface area is 242 Å². The molecule has 4 aromatic carbocycles. The van der Waals surface area contributed by atoms with Crippen LogP contribution in [0.15, 0.2) is 84.9 Å². The number of aromatic amines is 2. The number of phenolic OH excluding ortho intramolecular Hbond substituents is 1. The fourth-order valence-corrected chi connectivity index (χ4v) is 5.33. The van der Waals surface area contributed by atoms with Crippen molar-refractivity contribution >= 4 is 67.4 Å². The molecule has 41 heavy (non-hydrogen) atoms. The molecule has 1 aliphatic heterocycles. The molecule has 208 valence electrons. The van der Waals surface area contributed by atoms with Crippen LogP contribution in [0.1, 0.15) is 40.4 Å². The van der Waals surface area contributed by atoms with Crippen molar-refractivity contribution in [1.82, 2.24) is 9.97 Å². The molecule has 3 heterocycles. The van der Waals surface area contributed by atoms with E-state index < -0.39 is 0 Å². The number of benzene rings is 4. The number of nitrogens with one attached hydrogen (secondary N) is 3. The molecule has 2 aromatic heterocycles. The first kappa shape index (κ1) is 27.8. The number of halogens is 1. The van der Waals surface area contributed by atoms with Gasteiger partial charge in [0.2, 0.25) is 0 Å². The van der Waals surface area contributed by atoms with Crippen molar-refractivity contribution in [2.45, 2.75) is 20.3 Å². The monoisotopic (exact) mass is 566 g/mol. The molecule has 0 radical (unpaired) electrons. The van der Waals surface area contributed by atoms with E-state index in [4.69, 9.17) is 0 Å². The molecule has 0 spiro atoms. The zero-order valence-electron chi connectivity index (χ0n) is 23.1. The minimum atomic E-state index is -0.233. The number of hydrogen-bond donors (Lipinski definition) is 4. The first-order chi connectivity index (χ1) is 20.0. The average molecular weight is 567 g/mol. The average Bonchev–Trinajstić information content (AvgIpc) is 3.75. The number of aromatic nitrogens is 2. The Kier molecular flexibility index (Phi) is 7.99. The van der Waals surface area contributed by atoms with Gasteiger partial charge in [0.05, 0.1) is 5.69 Å². The fraction of sp³-hybridized carbons (Fsp3) is 0.152. The molecule has 1 aliphatic rings. The summed E-state index contributed by atoms with van der Waals surface area (Å²) in [7, 11) is 0. The second-order valence-corrected chi connectivity index (χ2v) is 9.36. The van der Waals surface area contributed by atoms with Gasteiger partial charge in [0.15, 0.2) is 0 Å². The Bertz CT molecular complexity index is 1860. The predicted octanol–water partition coefficient (Wildman–Crippen LogP) is 7.84. The summed E-state index contributed by atoms with van der Waals surface area (Å²) in [6.07, 6.45) is 2.20. The topological polar surface area (TPSA) is 101 Å². The molecule has 6 aromatic rings. The van der Waals surface area contributed by atoms with Gasteiger partial charge in [0.25, 0.3) is 11.8 Å². The van der Waals surface area contributed by atoms with Gasteiger partial charge >= 0.3 is 0 Å². The number of alkyl halides is 1. The molecule has 8 heteroatoms. The van der Waals surface area contributed by atoms with Gasteiger partial charge in [-0.1, -0.05) is 56.3 Å². The molecule has 0 unspecified atom stereocenters. The molecule has 0 fully saturated rings. The number of carbonyl (C=O) groups is 2. The molecule has 7 nitrogen and oxygen atoms in total. The molecule has 0 bridgehead atoms. The van der Waals surface area contributed by atoms with Crippen LogP contribution >= 0.6 is 11.6 Å². The molecule has 7 rings (SSSR count). The molecule has 0 aliphatic carbocycles. The van der Waals surface area contributed by atoms with Crippen molar-refractivity contribution in [1.29, 1.82) is 0 Å². The lowest BCUT2D eigenvalue weighted by molar-refractivity contribution is 0.0983. The van der Waals surface area contributed by atoms with Crippen LogP contribution in [0.25, 0.3) is 32.6 Å². The van der Waals surface area contributed by atoms with Crippen LogP contribution in [0.2, 0.25) is 0 Å². The predicted molar refractivity (Wildman–Crippen MR) is 169 cm³/mol. The number of fused-ring (bicyclic) bond motifs is 5. The van der Waals surface area contributed by atoms with Crippen LogP contribution in [0, 0.1) is 0 Å². The van der Waals surface area contributed by atoms with Crippen molar-refractivity contribution in [2.24, 2.45) is 0 Å². The lowest BCUT2D eigenvalue weighted by Gasteiger charge is -2.17. The van der Waals surface area contributed by atoms with E-state index in [0.29, 0.717) is 23.6 Å². The number of aromatic hydroxyl groups is 1. The van der Waals surface area contributed by atoms with Crippen LogP contribution in [0.3, 0.4) is 0 Å². The summed E-state index contributed by atoms with van der Waals surface area (Å²) in [5.41, 5.74) is 5.08. The minimum absolute atomic E-state index is 0.159. The van der Waals surface area contributed by atoms with E-state index in [2.05, 4.69) is 26.9 Å². The zero-order valence-corrected chi connectivity index (χ0v) is 23.8. The number of carbonyl (C=O) groups excluding carboxylic acids is 2. The molecule has 0 saturated heterocycles. The van der Waals surface area contributed by atoms with E-state index in [1.54, 1.807) is 17.0 Å². The third-order valence-corrected chi connectivity index (χ3v) is 7.12. The maximum absolute atomic E-state index is 13.5. The van der Waals surface area contributed by atoms with E-state index >= 15 is 0 Å². The standard InChI is InChI=1S/C30H22N4O3.C2H6.CH3Cl/c35-28-16-27-21(20-6-2-3-7-22(20)28)11-12-34(27)30(37)26-15-18-13-19(9-10-24(18)33-26)31-29(36)25-14-17-5-1-4-8-23(17)32-25;2*1-2/h1-10,13-16,32-33,35H,11-12H2,(H,31,36);1-2H3;1H3. The van der Waals surface area contributed by atoms with E-state index in [9.17, 15) is 14.7 Å². The van der Waals surface area contributed by atoms with Crippen molar-refractivity contribution in [3.05, 3.63) is 102 Å². The largest absolute Gasteiger partial charge is 0.507 e. The summed E-state index contributed by atoms with van der Waals surface area (Å²) in [6, 6.07) is 26.3. The molecule has 0 saturated carbocycles. The quantitative estimate of drug-likeness (QED) is 0.164. The van der Waals surface area contributed by atoms with Crippen LogP contribution < -0.4 is 10.2 Å². The van der Waals surface area contributed by atoms with Gasteiger partial charge in [0, 0.05) is 51.9 Å². The second kappa shape index (κ2) is 11.8. The minimum Gasteiger partial charge on any atom is -0.507 e. The van der Waals surface area contributed by atoms with Crippen molar-refractivity contribution < 1.29 is 14.7 Å². The number of nitrogens with zero attached hydrogens (tertiary/aromatic N) is 1. The third-order valence-electron chi connectivity index (χ3n) is 7.12. The highest BCUT2D eigenvalue weighted by molar-refractivity contribution is 6.15. The first-order valence-electron chi connectivity index (χ1n) is 13.5. The van der Waals surface area contributed by atoms with Gasteiger partial charge in [-0.2, -0.15) is 0 Å². The molecule has 4 N–H and O–H groups in total. The highest BCUT2D eigenvalue weighted by Crippen LogP contribution is 2.40. The van der Waals surface area contributed by atoms with E-state index in [1.165, 1.54) is 6.38 Å². The van der Waals surface area contributed by atoms with Crippen LogP contribution in [-0.2, 0) is 6.42 Å². The number of amides is 2. The SMILES string of the molecule is CC.CCl.O=C(Nc1ccc2[nH]c(C(=O)N3CCc4c3cc(O)c3ccccc43)cc2c1)c1cc2ccccc2[nH]1. The highest BCUT2D eigenvalue weighted by atomic mass is 35.5. The van der Waals surface area contributed by atoms with E-state index in [0.717, 1.165) is 50.2 Å². The number of rotatable bonds is 3. The van der Waals surface area contributed by atoms with Gasteiger partial charge in [-0.25, -0.2) is 0 Å². The first-order valence-corrected chi connectivity index (χ1v) is 14.3. The van der Waals surface area contributed by atoms with E-state index in [-0.39, 0.29) is 17.6 Å². The van der Waals surface area contributed by atoms with Crippen LogP contribution in [0.4, 0.5) is 11.4 Å². The fourth-order valence-electron chi connectivity index (χ4n) is 5.33. The van der Waals surface area contributed by atoms with Crippen LogP contribution in [-0.4, -0.2) is 39.8 Å². The number of anilines is 2. The summed E-state index contributed by atoms with van der Waals surface area (Å²) in [5, 5.41) is 17.1. The normalized spacial score (nSPS) is 12.0. The van der Waals surface area contributed by atoms with Crippen molar-refractivity contribution in [2.75, 3.05) is 23.1 Å². The van der Waals surface area contributed by atoms with Crippen molar-refractivity contribution in [3.8, 4) is 5.75 Å². The second-order valence-electron chi connectivity index (χ2n) is 9.36. The van der Waals surface area contributed by atoms with Gasteiger partial charge in [-0.3, -0.25) is 9.59 Å².